The first-order valence-electron chi connectivity index (χ1n) is 6.78. The summed E-state index contributed by atoms with van der Waals surface area (Å²) in [5.41, 5.74) is 3.05. The van der Waals surface area contributed by atoms with Crippen molar-refractivity contribution in [3.8, 4) is 0 Å². The van der Waals surface area contributed by atoms with Crippen molar-refractivity contribution < 1.29 is 13.6 Å². The van der Waals surface area contributed by atoms with Gasteiger partial charge in [0.2, 0.25) is 0 Å². The predicted octanol–water partition coefficient (Wildman–Crippen LogP) is 2.85. The van der Waals surface area contributed by atoms with Gasteiger partial charge in [0, 0.05) is 11.9 Å². The minimum Gasteiger partial charge on any atom is -0.319 e. The number of urea groups is 1. The van der Waals surface area contributed by atoms with Crippen LogP contribution in [0.25, 0.3) is 0 Å². The Morgan fingerprint density at radius 3 is 2.82 bits per heavy atom. The van der Waals surface area contributed by atoms with Crippen LogP contribution in [0, 0.1) is 5.82 Å². The van der Waals surface area contributed by atoms with E-state index < -0.39 is 18.0 Å². The molecule has 0 spiro atoms. The summed E-state index contributed by atoms with van der Waals surface area (Å²) in [5, 5.41) is 6.47. The first kappa shape index (κ1) is 15.9. The van der Waals surface area contributed by atoms with E-state index in [9.17, 15) is 13.6 Å². The number of hydrogen-bond acceptors (Lipinski definition) is 3. The van der Waals surface area contributed by atoms with Crippen LogP contribution in [0.5, 0.6) is 0 Å². The van der Waals surface area contributed by atoms with E-state index in [2.05, 4.69) is 20.8 Å². The summed E-state index contributed by atoms with van der Waals surface area (Å²) < 4.78 is 26.4. The number of amidine groups is 1. The van der Waals surface area contributed by atoms with Crippen molar-refractivity contribution in [2.24, 2.45) is 10.1 Å². The van der Waals surface area contributed by atoms with Crippen LogP contribution in [0.3, 0.4) is 0 Å². The van der Waals surface area contributed by atoms with E-state index in [0.29, 0.717) is 11.5 Å². The second-order valence-electron chi connectivity index (χ2n) is 4.79. The van der Waals surface area contributed by atoms with Crippen LogP contribution < -0.4 is 10.7 Å². The van der Waals surface area contributed by atoms with E-state index in [1.165, 1.54) is 23.1 Å². The molecule has 8 heteroatoms. The van der Waals surface area contributed by atoms with E-state index in [4.69, 9.17) is 0 Å². The van der Waals surface area contributed by atoms with Crippen LogP contribution in [-0.4, -0.2) is 42.2 Å². The van der Waals surface area contributed by atoms with Crippen molar-refractivity contribution >= 4 is 29.5 Å². The lowest BCUT2D eigenvalue weighted by atomic mass is 10.2. The van der Waals surface area contributed by atoms with Crippen LogP contribution in [0.2, 0.25) is 0 Å². The maximum absolute atomic E-state index is 13.7. The number of benzene rings is 1. The van der Waals surface area contributed by atoms with Crippen molar-refractivity contribution in [3.63, 3.8) is 0 Å². The number of nitrogens with zero attached hydrogens (tertiary/aromatic N) is 3. The maximum Gasteiger partial charge on any atom is 0.322 e. The quantitative estimate of drug-likeness (QED) is 0.512. The Morgan fingerprint density at radius 1 is 1.45 bits per heavy atom. The average molecular weight is 309 g/mol. The highest BCUT2D eigenvalue weighted by molar-refractivity contribution is 5.90. The van der Waals surface area contributed by atoms with Gasteiger partial charge in [-0.15, -0.1) is 0 Å². The molecule has 0 atom stereocenters. The number of anilines is 2. The molecule has 1 aromatic carbocycles. The molecular weight excluding hydrogens is 292 g/mol. The fourth-order valence-corrected chi connectivity index (χ4v) is 1.84. The Balaban J connectivity index is 2.03. The summed E-state index contributed by atoms with van der Waals surface area (Å²) in [4.78, 5) is 17.0. The second kappa shape index (κ2) is 6.97. The normalized spacial score (nSPS) is 15.8. The number of alkyl halides is 1. The minimum absolute atomic E-state index is 0.0800. The fourth-order valence-electron chi connectivity index (χ4n) is 1.84. The Hall–Kier alpha value is -2.51. The molecule has 0 aliphatic carbocycles. The van der Waals surface area contributed by atoms with Gasteiger partial charge in [-0.05, 0) is 32.0 Å². The molecule has 0 radical (unpaired) electrons. The summed E-state index contributed by atoms with van der Waals surface area (Å²) in [7, 11) is 0. The second-order valence-corrected chi connectivity index (χ2v) is 4.79. The lowest BCUT2D eigenvalue weighted by molar-refractivity contribution is 0.0974. The van der Waals surface area contributed by atoms with Gasteiger partial charge in [0.1, 0.15) is 17.8 Å². The molecule has 0 bridgehead atoms. The highest BCUT2D eigenvalue weighted by Crippen LogP contribution is 2.21. The Labute approximate surface area is 126 Å². The summed E-state index contributed by atoms with van der Waals surface area (Å²) in [6, 6.07) is 3.62. The highest BCUT2D eigenvalue weighted by Gasteiger charge is 2.30. The lowest BCUT2D eigenvalue weighted by Crippen LogP contribution is -2.53. The summed E-state index contributed by atoms with van der Waals surface area (Å²) in [6.07, 6.45) is 0.603. The molecule has 2 N–H and O–H groups in total. The van der Waals surface area contributed by atoms with E-state index in [1.807, 2.05) is 0 Å². The molecule has 1 saturated heterocycles. The number of carbonyl (C=O) groups is 1. The standard InChI is InChI=1S/C14H17F2N5O/c1-3-17-9(2)19-20-13-6-11(4-5-12(13)16)18-14(22)21-7-10(15)8-21/h3-6,10,20H,7-8H2,1-2H3,(H,18,22)/b17-3-,19-9+. The third-order valence-corrected chi connectivity index (χ3v) is 3.00. The van der Waals surface area contributed by atoms with Gasteiger partial charge < -0.3 is 10.2 Å². The molecule has 1 aliphatic rings. The largest absolute Gasteiger partial charge is 0.322 e. The number of aliphatic imine (C=N–C) groups is 1. The van der Waals surface area contributed by atoms with Gasteiger partial charge in [-0.1, -0.05) is 0 Å². The first-order valence-corrected chi connectivity index (χ1v) is 6.78. The maximum atomic E-state index is 13.7. The van der Waals surface area contributed by atoms with Gasteiger partial charge in [-0.25, -0.2) is 18.6 Å². The molecule has 0 aromatic heterocycles. The number of hydrazone groups is 1. The lowest BCUT2D eigenvalue weighted by Gasteiger charge is -2.34. The van der Waals surface area contributed by atoms with Crippen molar-refractivity contribution in [2.45, 2.75) is 20.0 Å². The number of carbonyl (C=O) groups excluding carboxylic acids is 1. The molecular formula is C14H17F2N5O. The van der Waals surface area contributed by atoms with Gasteiger partial charge in [-0.2, -0.15) is 5.10 Å². The summed E-state index contributed by atoms with van der Waals surface area (Å²) in [6.45, 7) is 3.56. The molecule has 6 nitrogen and oxygen atoms in total. The van der Waals surface area contributed by atoms with Crippen molar-refractivity contribution in [2.75, 3.05) is 23.8 Å². The molecule has 2 rings (SSSR count). The zero-order chi connectivity index (χ0) is 16.1. The Bertz CT molecular complexity index is 611. The van der Waals surface area contributed by atoms with Crippen LogP contribution in [0.15, 0.2) is 28.3 Å². The van der Waals surface area contributed by atoms with E-state index >= 15 is 0 Å². The van der Waals surface area contributed by atoms with Gasteiger partial charge in [0.15, 0.2) is 0 Å². The zero-order valence-corrected chi connectivity index (χ0v) is 12.3. The van der Waals surface area contributed by atoms with Crippen molar-refractivity contribution in [3.05, 3.63) is 24.0 Å². The molecule has 118 valence electrons. The number of halogens is 2. The molecule has 22 heavy (non-hydrogen) atoms. The van der Waals surface area contributed by atoms with Crippen LogP contribution in [-0.2, 0) is 0 Å². The van der Waals surface area contributed by atoms with Crippen LogP contribution in [0.4, 0.5) is 25.0 Å². The first-order chi connectivity index (χ1) is 10.5. The monoisotopic (exact) mass is 309 g/mol. The highest BCUT2D eigenvalue weighted by atomic mass is 19.1. The molecule has 1 fully saturated rings. The molecule has 1 aromatic rings. The van der Waals surface area contributed by atoms with Crippen LogP contribution >= 0.6 is 0 Å². The molecule has 1 aliphatic heterocycles. The van der Waals surface area contributed by atoms with Crippen molar-refractivity contribution in [1.82, 2.24) is 4.90 Å². The van der Waals surface area contributed by atoms with E-state index in [0.717, 1.165) is 0 Å². The third kappa shape index (κ3) is 4.00. The molecule has 0 saturated carbocycles. The summed E-state index contributed by atoms with van der Waals surface area (Å²) in [5.74, 6) is -0.0753. The summed E-state index contributed by atoms with van der Waals surface area (Å²) >= 11 is 0. The van der Waals surface area contributed by atoms with Crippen LogP contribution in [0.1, 0.15) is 13.8 Å². The van der Waals surface area contributed by atoms with Gasteiger partial charge in [-0.3, -0.25) is 5.43 Å². The predicted molar refractivity (Wildman–Crippen MR) is 82.8 cm³/mol. The van der Waals surface area contributed by atoms with Gasteiger partial charge in [0.05, 0.1) is 18.8 Å². The fraction of sp³-hybridized carbons (Fsp3) is 0.357. The SMILES string of the molecule is C/C=N\C(C)=N\Nc1cc(NC(=O)N2CC(F)C2)ccc1F. The minimum atomic E-state index is -0.965. The van der Waals surface area contributed by atoms with Gasteiger partial charge >= 0.3 is 6.03 Å². The molecule has 0 unspecified atom stereocenters. The van der Waals surface area contributed by atoms with Crippen molar-refractivity contribution in [1.29, 1.82) is 0 Å². The van der Waals surface area contributed by atoms with E-state index in [1.54, 1.807) is 20.1 Å². The number of amides is 2. The zero-order valence-electron chi connectivity index (χ0n) is 12.3. The van der Waals surface area contributed by atoms with E-state index in [-0.39, 0.29) is 18.8 Å². The smallest absolute Gasteiger partial charge is 0.319 e. The molecule has 1 heterocycles. The topological polar surface area (TPSA) is 69.1 Å². The number of hydrogen-bond donors (Lipinski definition) is 2. The number of likely N-dealkylation sites (tertiary alicyclic amines) is 1. The molecule has 2 amide bonds. The Morgan fingerprint density at radius 2 is 2.18 bits per heavy atom. The third-order valence-electron chi connectivity index (χ3n) is 3.00. The number of rotatable bonds is 3. The average Bonchev–Trinajstić information content (AvgIpc) is 2.44. The Kier molecular flexibility index (Phi) is 5.03. The van der Waals surface area contributed by atoms with Gasteiger partial charge in [0.25, 0.3) is 0 Å². The number of nitrogens with one attached hydrogen (secondary N) is 2.